The number of halogens is 1. The summed E-state index contributed by atoms with van der Waals surface area (Å²) >= 11 is 5.70. The first-order valence-electron chi connectivity index (χ1n) is 2.88. The Kier molecular flexibility index (Phi) is 3.15. The van der Waals surface area contributed by atoms with Crippen molar-refractivity contribution in [3.8, 4) is 0 Å². The topological polar surface area (TPSA) is 0 Å². The minimum Gasteiger partial charge on any atom is -0.0895 e. The van der Waals surface area contributed by atoms with Gasteiger partial charge in [-0.3, -0.25) is 0 Å². The quantitative estimate of drug-likeness (QED) is 0.514. The van der Waals surface area contributed by atoms with Gasteiger partial charge >= 0.3 is 0 Å². The van der Waals surface area contributed by atoms with E-state index in [-0.39, 0.29) is 0 Å². The fourth-order valence-electron chi connectivity index (χ4n) is 0.398. The van der Waals surface area contributed by atoms with Crippen LogP contribution in [0, 0.1) is 5.92 Å². The maximum atomic E-state index is 5.70. The SMILES string of the molecule is C/C(Cl)=C(/C)C(C)C. The molecule has 0 unspecified atom stereocenters. The molecule has 0 aliphatic carbocycles. The Balaban J connectivity index is 4.00. The molecule has 0 heterocycles. The molecular formula is C7H13Cl. The summed E-state index contributed by atoms with van der Waals surface area (Å²) in [4.78, 5) is 0. The lowest BCUT2D eigenvalue weighted by Crippen LogP contribution is -1.88. The molecule has 0 aliphatic heterocycles. The Morgan fingerprint density at radius 3 is 1.62 bits per heavy atom. The zero-order valence-electron chi connectivity index (χ0n) is 5.96. The lowest BCUT2D eigenvalue weighted by atomic mass is 10.1. The standard InChI is InChI=1S/C7H13Cl/c1-5(2)6(3)7(4)8/h5H,1-4H3/b7-6+. The molecule has 0 saturated carbocycles. The number of hydrogen-bond donors (Lipinski definition) is 0. The molecule has 0 aromatic rings. The Hall–Kier alpha value is 0.0300. The first kappa shape index (κ1) is 8.03. The van der Waals surface area contributed by atoms with E-state index in [1.54, 1.807) is 0 Å². The fraction of sp³-hybridized carbons (Fsp3) is 0.714. The van der Waals surface area contributed by atoms with Gasteiger partial charge in [-0.05, 0) is 19.8 Å². The molecule has 0 radical (unpaired) electrons. The molecule has 0 amide bonds. The third-order valence-electron chi connectivity index (χ3n) is 1.41. The van der Waals surface area contributed by atoms with Crippen LogP contribution in [0.2, 0.25) is 0 Å². The van der Waals surface area contributed by atoms with Crippen molar-refractivity contribution in [1.29, 1.82) is 0 Å². The van der Waals surface area contributed by atoms with E-state index < -0.39 is 0 Å². The molecule has 0 nitrogen and oxygen atoms in total. The summed E-state index contributed by atoms with van der Waals surface area (Å²) in [7, 11) is 0. The van der Waals surface area contributed by atoms with Gasteiger partial charge < -0.3 is 0 Å². The molecule has 0 aliphatic rings. The third kappa shape index (κ3) is 2.37. The van der Waals surface area contributed by atoms with E-state index in [0.717, 1.165) is 5.03 Å². The van der Waals surface area contributed by atoms with Crippen molar-refractivity contribution in [2.75, 3.05) is 0 Å². The second-order valence-electron chi connectivity index (χ2n) is 2.37. The summed E-state index contributed by atoms with van der Waals surface area (Å²) in [5, 5.41) is 0.931. The van der Waals surface area contributed by atoms with Crippen molar-refractivity contribution in [3.05, 3.63) is 10.6 Å². The molecular weight excluding hydrogens is 120 g/mol. The van der Waals surface area contributed by atoms with E-state index in [9.17, 15) is 0 Å². The van der Waals surface area contributed by atoms with Crippen LogP contribution in [-0.4, -0.2) is 0 Å². The molecule has 8 heavy (non-hydrogen) atoms. The maximum absolute atomic E-state index is 5.70. The van der Waals surface area contributed by atoms with Gasteiger partial charge in [0, 0.05) is 5.03 Å². The highest BCUT2D eigenvalue weighted by Gasteiger charge is 1.97. The average molecular weight is 133 g/mol. The van der Waals surface area contributed by atoms with Crippen LogP contribution in [0.5, 0.6) is 0 Å². The summed E-state index contributed by atoms with van der Waals surface area (Å²) in [6.07, 6.45) is 0. The highest BCUT2D eigenvalue weighted by molar-refractivity contribution is 6.29. The van der Waals surface area contributed by atoms with E-state index in [4.69, 9.17) is 11.6 Å². The number of allylic oxidation sites excluding steroid dienone is 2. The second-order valence-corrected chi connectivity index (χ2v) is 2.94. The van der Waals surface area contributed by atoms with Crippen LogP contribution in [0.4, 0.5) is 0 Å². The maximum Gasteiger partial charge on any atom is 0.0141 e. The van der Waals surface area contributed by atoms with E-state index >= 15 is 0 Å². The summed E-state index contributed by atoms with van der Waals surface area (Å²) in [5.74, 6) is 0.590. The van der Waals surface area contributed by atoms with Crippen molar-refractivity contribution in [2.24, 2.45) is 5.92 Å². The first-order valence-corrected chi connectivity index (χ1v) is 3.26. The van der Waals surface area contributed by atoms with Gasteiger partial charge in [-0.2, -0.15) is 0 Å². The summed E-state index contributed by atoms with van der Waals surface area (Å²) in [6, 6.07) is 0. The zero-order valence-corrected chi connectivity index (χ0v) is 6.71. The Morgan fingerprint density at radius 2 is 1.62 bits per heavy atom. The summed E-state index contributed by atoms with van der Waals surface area (Å²) in [5.41, 5.74) is 1.28. The molecule has 0 fully saturated rings. The molecule has 0 aromatic heterocycles. The zero-order chi connectivity index (χ0) is 6.73. The van der Waals surface area contributed by atoms with Crippen molar-refractivity contribution < 1.29 is 0 Å². The lowest BCUT2D eigenvalue weighted by molar-refractivity contribution is 0.764. The van der Waals surface area contributed by atoms with Gasteiger partial charge in [-0.1, -0.05) is 31.0 Å². The van der Waals surface area contributed by atoms with Gasteiger partial charge in [0.1, 0.15) is 0 Å². The normalized spacial score (nSPS) is 14.2. The Labute approximate surface area is 56.5 Å². The Bertz CT molecular complexity index is 97.0. The van der Waals surface area contributed by atoms with Crippen LogP contribution in [0.3, 0.4) is 0 Å². The van der Waals surface area contributed by atoms with Crippen LogP contribution in [0.25, 0.3) is 0 Å². The van der Waals surface area contributed by atoms with E-state index in [0.29, 0.717) is 5.92 Å². The highest BCUT2D eigenvalue weighted by atomic mass is 35.5. The monoisotopic (exact) mass is 132 g/mol. The number of hydrogen-bond acceptors (Lipinski definition) is 0. The summed E-state index contributed by atoms with van der Waals surface area (Å²) < 4.78 is 0. The lowest BCUT2D eigenvalue weighted by Gasteiger charge is -2.04. The summed E-state index contributed by atoms with van der Waals surface area (Å²) in [6.45, 7) is 8.27. The molecule has 0 bridgehead atoms. The van der Waals surface area contributed by atoms with Crippen LogP contribution >= 0.6 is 11.6 Å². The molecule has 0 saturated heterocycles. The predicted molar refractivity (Wildman–Crippen MR) is 39.1 cm³/mol. The van der Waals surface area contributed by atoms with Gasteiger partial charge in [-0.25, -0.2) is 0 Å². The van der Waals surface area contributed by atoms with Crippen molar-refractivity contribution in [3.63, 3.8) is 0 Å². The van der Waals surface area contributed by atoms with Gasteiger partial charge in [0.15, 0.2) is 0 Å². The van der Waals surface area contributed by atoms with Gasteiger partial charge in [0.05, 0.1) is 0 Å². The third-order valence-corrected chi connectivity index (χ3v) is 1.71. The van der Waals surface area contributed by atoms with Crippen LogP contribution in [0.1, 0.15) is 27.7 Å². The largest absolute Gasteiger partial charge is 0.0895 e. The van der Waals surface area contributed by atoms with Gasteiger partial charge in [0.25, 0.3) is 0 Å². The Morgan fingerprint density at radius 1 is 1.25 bits per heavy atom. The van der Waals surface area contributed by atoms with E-state index in [1.807, 2.05) is 6.92 Å². The van der Waals surface area contributed by atoms with Gasteiger partial charge in [-0.15, -0.1) is 0 Å². The van der Waals surface area contributed by atoms with Gasteiger partial charge in [0.2, 0.25) is 0 Å². The second kappa shape index (κ2) is 3.13. The molecule has 0 aromatic carbocycles. The van der Waals surface area contributed by atoms with Crippen LogP contribution in [0.15, 0.2) is 10.6 Å². The van der Waals surface area contributed by atoms with Crippen LogP contribution in [-0.2, 0) is 0 Å². The van der Waals surface area contributed by atoms with E-state index in [2.05, 4.69) is 20.8 Å². The highest BCUT2D eigenvalue weighted by Crippen LogP contribution is 2.15. The molecule has 1 heteroatoms. The number of rotatable bonds is 1. The first-order chi connectivity index (χ1) is 3.55. The minimum atomic E-state index is 0.590. The van der Waals surface area contributed by atoms with Crippen molar-refractivity contribution >= 4 is 11.6 Å². The molecule has 0 N–H and O–H groups in total. The van der Waals surface area contributed by atoms with Crippen molar-refractivity contribution in [1.82, 2.24) is 0 Å². The average Bonchev–Trinajstić information content (AvgIpc) is 1.64. The molecule has 0 spiro atoms. The van der Waals surface area contributed by atoms with Crippen LogP contribution < -0.4 is 0 Å². The minimum absolute atomic E-state index is 0.590. The van der Waals surface area contributed by atoms with E-state index in [1.165, 1.54) is 5.57 Å². The molecule has 0 rings (SSSR count). The molecule has 0 atom stereocenters. The molecule has 48 valence electrons. The van der Waals surface area contributed by atoms with Crippen molar-refractivity contribution in [2.45, 2.75) is 27.7 Å². The smallest absolute Gasteiger partial charge is 0.0141 e. The fourth-order valence-corrected chi connectivity index (χ4v) is 0.616. The predicted octanol–water partition coefficient (Wildman–Crippen LogP) is 3.18.